The molecule has 1 unspecified atom stereocenters. The standard InChI is InChI=1S/C21H34N4O3/c1-17(18-4-3-5-20(16-18)28-2)22-21(27)25-8-6-19(7-9-25)24-12-10-23(11-13-24)14-15-26/h3-5,16-17,19,26H,6-15H2,1-2H3,(H,22,27). The zero-order valence-electron chi connectivity index (χ0n) is 17.1. The molecule has 2 fully saturated rings. The topological polar surface area (TPSA) is 68.3 Å². The molecule has 0 aromatic heterocycles. The number of hydrogen-bond donors (Lipinski definition) is 2. The van der Waals surface area contributed by atoms with Crippen molar-refractivity contribution in [1.29, 1.82) is 0 Å². The van der Waals surface area contributed by atoms with Crippen molar-refractivity contribution in [2.75, 3.05) is 59.5 Å². The lowest BCUT2D eigenvalue weighted by molar-refractivity contribution is 0.0585. The number of hydrogen-bond acceptors (Lipinski definition) is 5. The minimum Gasteiger partial charge on any atom is -0.497 e. The number of nitrogens with one attached hydrogen (secondary N) is 1. The molecule has 0 saturated carbocycles. The first-order valence-electron chi connectivity index (χ1n) is 10.4. The summed E-state index contributed by atoms with van der Waals surface area (Å²) in [7, 11) is 1.65. The summed E-state index contributed by atoms with van der Waals surface area (Å²) in [5.74, 6) is 0.804. The van der Waals surface area contributed by atoms with Crippen LogP contribution in [0.15, 0.2) is 24.3 Å². The van der Waals surface area contributed by atoms with Crippen LogP contribution in [0, 0.1) is 0 Å². The van der Waals surface area contributed by atoms with Gasteiger partial charge in [-0.1, -0.05) is 12.1 Å². The largest absolute Gasteiger partial charge is 0.497 e. The number of piperidine rings is 1. The van der Waals surface area contributed by atoms with Gasteiger partial charge in [0, 0.05) is 51.9 Å². The minimum atomic E-state index is -0.0556. The van der Waals surface area contributed by atoms with E-state index >= 15 is 0 Å². The van der Waals surface area contributed by atoms with Crippen LogP contribution in [0.2, 0.25) is 0 Å². The van der Waals surface area contributed by atoms with Gasteiger partial charge in [-0.25, -0.2) is 4.79 Å². The number of amides is 2. The van der Waals surface area contributed by atoms with Crippen LogP contribution in [-0.2, 0) is 0 Å². The van der Waals surface area contributed by atoms with Crippen LogP contribution in [0.25, 0.3) is 0 Å². The molecule has 1 aromatic carbocycles. The van der Waals surface area contributed by atoms with Gasteiger partial charge in [-0.3, -0.25) is 9.80 Å². The number of β-amino-alcohol motifs (C(OH)–C–C–N with tert-alkyl or cyclic N) is 1. The smallest absolute Gasteiger partial charge is 0.317 e. The molecule has 2 aliphatic rings. The number of aliphatic hydroxyl groups is 1. The van der Waals surface area contributed by atoms with E-state index in [0.717, 1.165) is 70.0 Å². The Morgan fingerprint density at radius 1 is 1.21 bits per heavy atom. The fourth-order valence-corrected chi connectivity index (χ4v) is 4.20. The van der Waals surface area contributed by atoms with Gasteiger partial charge < -0.3 is 20.1 Å². The van der Waals surface area contributed by atoms with Gasteiger partial charge in [0.2, 0.25) is 0 Å². The lowest BCUT2D eigenvalue weighted by Gasteiger charge is -2.42. The van der Waals surface area contributed by atoms with Gasteiger partial charge in [0.25, 0.3) is 0 Å². The van der Waals surface area contributed by atoms with E-state index in [0.29, 0.717) is 6.04 Å². The molecule has 1 atom stereocenters. The highest BCUT2D eigenvalue weighted by Crippen LogP contribution is 2.21. The van der Waals surface area contributed by atoms with E-state index in [-0.39, 0.29) is 18.7 Å². The zero-order valence-corrected chi connectivity index (χ0v) is 17.1. The van der Waals surface area contributed by atoms with E-state index in [2.05, 4.69) is 15.1 Å². The quantitative estimate of drug-likeness (QED) is 0.771. The maximum absolute atomic E-state index is 12.7. The lowest BCUT2D eigenvalue weighted by Crippen LogP contribution is -2.55. The van der Waals surface area contributed by atoms with Gasteiger partial charge in [-0.05, 0) is 37.5 Å². The number of ether oxygens (including phenoxy) is 1. The molecule has 2 heterocycles. The molecule has 2 saturated heterocycles. The highest BCUT2D eigenvalue weighted by Gasteiger charge is 2.29. The lowest BCUT2D eigenvalue weighted by atomic mass is 10.0. The molecular formula is C21H34N4O3. The van der Waals surface area contributed by atoms with Crippen molar-refractivity contribution in [2.45, 2.75) is 31.8 Å². The van der Waals surface area contributed by atoms with E-state index in [1.165, 1.54) is 0 Å². The minimum absolute atomic E-state index is 0.0153. The highest BCUT2D eigenvalue weighted by molar-refractivity contribution is 5.74. The first-order valence-corrected chi connectivity index (χ1v) is 10.4. The van der Waals surface area contributed by atoms with Crippen molar-refractivity contribution in [3.05, 3.63) is 29.8 Å². The molecule has 0 aliphatic carbocycles. The number of benzene rings is 1. The average Bonchev–Trinajstić information content (AvgIpc) is 2.74. The second kappa shape index (κ2) is 10.1. The zero-order chi connectivity index (χ0) is 19.9. The number of carbonyl (C=O) groups is 1. The van der Waals surface area contributed by atoms with Gasteiger partial charge in [0.05, 0.1) is 19.8 Å². The SMILES string of the molecule is COc1cccc(C(C)NC(=O)N2CCC(N3CCN(CCO)CC3)CC2)c1. The fraction of sp³-hybridized carbons (Fsp3) is 0.667. The number of aliphatic hydroxyl groups excluding tert-OH is 1. The number of piperazine rings is 1. The summed E-state index contributed by atoms with van der Waals surface area (Å²) in [6, 6.07) is 8.36. The second-order valence-corrected chi connectivity index (χ2v) is 7.77. The predicted octanol–water partition coefficient (Wildman–Crippen LogP) is 1.54. The molecule has 2 aliphatic heterocycles. The van der Waals surface area contributed by atoms with E-state index in [1.54, 1.807) is 7.11 Å². The third-order valence-corrected chi connectivity index (χ3v) is 6.02. The van der Waals surface area contributed by atoms with Gasteiger partial charge in [-0.2, -0.15) is 0 Å². The normalized spacial score (nSPS) is 20.8. The molecule has 156 valence electrons. The first-order chi connectivity index (χ1) is 13.6. The van der Waals surface area contributed by atoms with Crippen molar-refractivity contribution in [3.63, 3.8) is 0 Å². The summed E-state index contributed by atoms with van der Waals surface area (Å²) >= 11 is 0. The Labute approximate surface area is 168 Å². The van der Waals surface area contributed by atoms with Crippen LogP contribution in [0.4, 0.5) is 4.79 Å². The molecule has 3 rings (SSSR count). The Kier molecular flexibility index (Phi) is 7.53. The summed E-state index contributed by atoms with van der Waals surface area (Å²) in [6.45, 7) is 8.80. The Morgan fingerprint density at radius 2 is 1.93 bits per heavy atom. The molecular weight excluding hydrogens is 356 g/mol. The Bertz CT molecular complexity index is 626. The summed E-state index contributed by atoms with van der Waals surface area (Å²) in [4.78, 5) is 19.5. The number of carbonyl (C=O) groups excluding carboxylic acids is 1. The maximum atomic E-state index is 12.7. The third kappa shape index (κ3) is 5.37. The van der Waals surface area contributed by atoms with Crippen LogP contribution in [-0.4, -0.2) is 91.4 Å². The summed E-state index contributed by atoms with van der Waals surface area (Å²) in [5, 5.41) is 12.2. The van der Waals surface area contributed by atoms with Gasteiger partial charge >= 0.3 is 6.03 Å². The third-order valence-electron chi connectivity index (χ3n) is 6.02. The van der Waals surface area contributed by atoms with Crippen LogP contribution in [0.5, 0.6) is 5.75 Å². The molecule has 7 heteroatoms. The number of likely N-dealkylation sites (tertiary alicyclic amines) is 1. The van der Waals surface area contributed by atoms with Gasteiger partial charge in [0.1, 0.15) is 5.75 Å². The molecule has 2 N–H and O–H groups in total. The van der Waals surface area contributed by atoms with E-state index in [4.69, 9.17) is 9.84 Å². The second-order valence-electron chi connectivity index (χ2n) is 7.77. The Morgan fingerprint density at radius 3 is 2.57 bits per heavy atom. The Hall–Kier alpha value is -1.83. The predicted molar refractivity (Wildman–Crippen MR) is 110 cm³/mol. The monoisotopic (exact) mass is 390 g/mol. The number of rotatable bonds is 6. The van der Waals surface area contributed by atoms with Crippen molar-refractivity contribution in [3.8, 4) is 5.75 Å². The highest BCUT2D eigenvalue weighted by atomic mass is 16.5. The molecule has 0 bridgehead atoms. The summed E-state index contributed by atoms with van der Waals surface area (Å²) in [5.41, 5.74) is 1.04. The fourth-order valence-electron chi connectivity index (χ4n) is 4.20. The van der Waals surface area contributed by atoms with Crippen LogP contribution in [0.1, 0.15) is 31.4 Å². The summed E-state index contributed by atoms with van der Waals surface area (Å²) in [6.07, 6.45) is 2.06. The average molecular weight is 391 g/mol. The van der Waals surface area contributed by atoms with Crippen molar-refractivity contribution < 1.29 is 14.6 Å². The van der Waals surface area contributed by atoms with E-state index in [1.807, 2.05) is 36.1 Å². The maximum Gasteiger partial charge on any atom is 0.317 e. The first kappa shape index (κ1) is 20.9. The number of urea groups is 1. The van der Waals surface area contributed by atoms with Gasteiger partial charge in [0.15, 0.2) is 0 Å². The molecule has 1 aromatic rings. The number of methoxy groups -OCH3 is 1. The molecule has 0 spiro atoms. The van der Waals surface area contributed by atoms with Crippen LogP contribution < -0.4 is 10.1 Å². The summed E-state index contributed by atoms with van der Waals surface area (Å²) < 4.78 is 5.27. The van der Waals surface area contributed by atoms with Crippen LogP contribution >= 0.6 is 0 Å². The Balaban J connectivity index is 1.43. The van der Waals surface area contributed by atoms with E-state index < -0.39 is 0 Å². The van der Waals surface area contributed by atoms with Gasteiger partial charge in [-0.15, -0.1) is 0 Å². The molecule has 0 radical (unpaired) electrons. The van der Waals surface area contributed by atoms with Crippen molar-refractivity contribution in [2.24, 2.45) is 0 Å². The molecule has 7 nitrogen and oxygen atoms in total. The van der Waals surface area contributed by atoms with E-state index in [9.17, 15) is 4.79 Å². The number of nitrogens with zero attached hydrogens (tertiary/aromatic N) is 3. The molecule has 2 amide bonds. The molecule has 28 heavy (non-hydrogen) atoms. The van der Waals surface area contributed by atoms with Crippen molar-refractivity contribution >= 4 is 6.03 Å². The van der Waals surface area contributed by atoms with Crippen LogP contribution in [0.3, 0.4) is 0 Å². The van der Waals surface area contributed by atoms with Crippen molar-refractivity contribution in [1.82, 2.24) is 20.0 Å².